The molecule has 2 heterocycles. The molecule has 0 aromatic carbocycles. The highest BCUT2D eigenvalue weighted by molar-refractivity contribution is 5.63. The number of rotatable bonds is 1. The van der Waals surface area contributed by atoms with Crippen LogP contribution in [0.2, 0.25) is 0 Å². The van der Waals surface area contributed by atoms with E-state index < -0.39 is 0 Å². The van der Waals surface area contributed by atoms with Gasteiger partial charge in [0.1, 0.15) is 5.82 Å². The third-order valence-electron chi connectivity index (χ3n) is 3.49. The van der Waals surface area contributed by atoms with Gasteiger partial charge >= 0.3 is 0 Å². The SMILES string of the molecule is CC1CCN(c2cccnc2N)CC1C. The second kappa shape index (κ2) is 4.09. The highest BCUT2D eigenvalue weighted by atomic mass is 15.2. The molecular weight excluding hydrogens is 186 g/mol. The molecule has 15 heavy (non-hydrogen) atoms. The lowest BCUT2D eigenvalue weighted by Gasteiger charge is -2.37. The number of aromatic nitrogens is 1. The summed E-state index contributed by atoms with van der Waals surface area (Å²) in [6, 6.07) is 4.01. The summed E-state index contributed by atoms with van der Waals surface area (Å²) in [5, 5.41) is 0. The van der Waals surface area contributed by atoms with E-state index in [9.17, 15) is 0 Å². The average Bonchev–Trinajstić information content (AvgIpc) is 2.23. The van der Waals surface area contributed by atoms with Gasteiger partial charge in [0, 0.05) is 19.3 Å². The molecule has 0 aliphatic carbocycles. The fraction of sp³-hybridized carbons (Fsp3) is 0.583. The molecule has 2 atom stereocenters. The maximum absolute atomic E-state index is 5.88. The van der Waals surface area contributed by atoms with Gasteiger partial charge in [-0.15, -0.1) is 0 Å². The summed E-state index contributed by atoms with van der Waals surface area (Å²) in [4.78, 5) is 6.49. The maximum atomic E-state index is 5.88. The van der Waals surface area contributed by atoms with Crippen LogP contribution in [0, 0.1) is 11.8 Å². The number of hydrogen-bond donors (Lipinski definition) is 1. The zero-order valence-corrected chi connectivity index (χ0v) is 9.48. The fourth-order valence-corrected chi connectivity index (χ4v) is 2.16. The Labute approximate surface area is 91.3 Å². The van der Waals surface area contributed by atoms with Crippen LogP contribution in [0.15, 0.2) is 18.3 Å². The Balaban J connectivity index is 2.15. The normalized spacial score (nSPS) is 26.7. The standard InChI is InChI=1S/C12H19N3/c1-9-5-7-15(8-10(9)2)11-4-3-6-14-12(11)13/h3-4,6,9-10H,5,7-8H2,1-2H3,(H2,13,14). The van der Waals surface area contributed by atoms with Crippen LogP contribution in [0.5, 0.6) is 0 Å². The van der Waals surface area contributed by atoms with Crippen LogP contribution >= 0.6 is 0 Å². The molecule has 0 spiro atoms. The Morgan fingerprint density at radius 3 is 2.87 bits per heavy atom. The van der Waals surface area contributed by atoms with Crippen molar-refractivity contribution in [2.75, 3.05) is 23.7 Å². The summed E-state index contributed by atoms with van der Waals surface area (Å²) in [6.07, 6.45) is 2.99. The van der Waals surface area contributed by atoms with Crippen LogP contribution in [0.25, 0.3) is 0 Å². The summed E-state index contributed by atoms with van der Waals surface area (Å²) in [5.74, 6) is 2.21. The predicted molar refractivity (Wildman–Crippen MR) is 63.8 cm³/mol. The Morgan fingerprint density at radius 2 is 2.20 bits per heavy atom. The Kier molecular flexibility index (Phi) is 2.80. The lowest BCUT2D eigenvalue weighted by Crippen LogP contribution is -2.38. The van der Waals surface area contributed by atoms with Gasteiger partial charge in [-0.05, 0) is 30.4 Å². The molecule has 82 valence electrons. The number of pyridine rings is 1. The quantitative estimate of drug-likeness (QED) is 0.763. The molecule has 3 nitrogen and oxygen atoms in total. The first-order valence-electron chi connectivity index (χ1n) is 5.64. The zero-order chi connectivity index (χ0) is 10.8. The van der Waals surface area contributed by atoms with Gasteiger partial charge in [0.2, 0.25) is 0 Å². The van der Waals surface area contributed by atoms with Crippen LogP contribution in [0.3, 0.4) is 0 Å². The van der Waals surface area contributed by atoms with Gasteiger partial charge in [-0.3, -0.25) is 0 Å². The summed E-state index contributed by atoms with van der Waals surface area (Å²) < 4.78 is 0. The highest BCUT2D eigenvalue weighted by Crippen LogP contribution is 2.29. The number of anilines is 2. The molecule has 1 aromatic rings. The molecule has 1 aromatic heterocycles. The zero-order valence-electron chi connectivity index (χ0n) is 9.48. The monoisotopic (exact) mass is 205 g/mol. The molecule has 2 unspecified atom stereocenters. The third kappa shape index (κ3) is 2.06. The molecule has 0 saturated carbocycles. The van der Waals surface area contributed by atoms with Gasteiger partial charge in [-0.2, -0.15) is 0 Å². The lowest BCUT2D eigenvalue weighted by atomic mass is 9.88. The molecule has 2 N–H and O–H groups in total. The van der Waals surface area contributed by atoms with E-state index in [1.165, 1.54) is 6.42 Å². The van der Waals surface area contributed by atoms with Crippen molar-refractivity contribution in [2.45, 2.75) is 20.3 Å². The van der Waals surface area contributed by atoms with Crippen molar-refractivity contribution in [1.82, 2.24) is 4.98 Å². The van der Waals surface area contributed by atoms with E-state index in [4.69, 9.17) is 5.73 Å². The van der Waals surface area contributed by atoms with Gasteiger partial charge in [-0.1, -0.05) is 13.8 Å². The van der Waals surface area contributed by atoms with E-state index in [-0.39, 0.29) is 0 Å². The average molecular weight is 205 g/mol. The van der Waals surface area contributed by atoms with E-state index in [1.54, 1.807) is 6.20 Å². The van der Waals surface area contributed by atoms with Crippen molar-refractivity contribution >= 4 is 11.5 Å². The first kappa shape index (κ1) is 10.3. The molecule has 0 amide bonds. The minimum Gasteiger partial charge on any atom is -0.382 e. The van der Waals surface area contributed by atoms with E-state index in [0.29, 0.717) is 5.82 Å². The second-order valence-electron chi connectivity index (χ2n) is 4.60. The van der Waals surface area contributed by atoms with E-state index in [1.807, 2.05) is 6.07 Å². The Morgan fingerprint density at radius 1 is 1.40 bits per heavy atom. The van der Waals surface area contributed by atoms with Crippen molar-refractivity contribution in [2.24, 2.45) is 11.8 Å². The molecule has 3 heteroatoms. The van der Waals surface area contributed by atoms with Gasteiger partial charge in [0.05, 0.1) is 5.69 Å². The molecular formula is C12H19N3. The van der Waals surface area contributed by atoms with Crippen LogP contribution in [0.4, 0.5) is 11.5 Å². The van der Waals surface area contributed by atoms with Crippen LogP contribution in [-0.4, -0.2) is 18.1 Å². The van der Waals surface area contributed by atoms with Crippen molar-refractivity contribution < 1.29 is 0 Å². The first-order valence-corrected chi connectivity index (χ1v) is 5.64. The van der Waals surface area contributed by atoms with E-state index in [0.717, 1.165) is 30.6 Å². The highest BCUT2D eigenvalue weighted by Gasteiger charge is 2.23. The summed E-state index contributed by atoms with van der Waals surface area (Å²) in [7, 11) is 0. The third-order valence-corrected chi connectivity index (χ3v) is 3.49. The molecule has 2 rings (SSSR count). The van der Waals surface area contributed by atoms with Crippen molar-refractivity contribution in [1.29, 1.82) is 0 Å². The van der Waals surface area contributed by atoms with Crippen molar-refractivity contribution in [3.63, 3.8) is 0 Å². The first-order chi connectivity index (χ1) is 7.18. The smallest absolute Gasteiger partial charge is 0.146 e. The van der Waals surface area contributed by atoms with Crippen LogP contribution < -0.4 is 10.6 Å². The molecule has 0 radical (unpaired) electrons. The summed E-state index contributed by atoms with van der Waals surface area (Å²) in [6.45, 7) is 6.83. The number of hydrogen-bond acceptors (Lipinski definition) is 3. The summed E-state index contributed by atoms with van der Waals surface area (Å²) in [5.41, 5.74) is 6.97. The minimum atomic E-state index is 0.652. The minimum absolute atomic E-state index is 0.652. The van der Waals surface area contributed by atoms with Crippen molar-refractivity contribution in [3.8, 4) is 0 Å². The topological polar surface area (TPSA) is 42.2 Å². The van der Waals surface area contributed by atoms with Gasteiger partial charge in [0.15, 0.2) is 0 Å². The molecule has 0 bridgehead atoms. The Hall–Kier alpha value is -1.25. The van der Waals surface area contributed by atoms with Gasteiger partial charge in [0.25, 0.3) is 0 Å². The predicted octanol–water partition coefficient (Wildman–Crippen LogP) is 2.15. The largest absolute Gasteiger partial charge is 0.382 e. The van der Waals surface area contributed by atoms with Gasteiger partial charge < -0.3 is 10.6 Å². The number of nitrogens with two attached hydrogens (primary N) is 1. The second-order valence-corrected chi connectivity index (χ2v) is 4.60. The fourth-order valence-electron chi connectivity index (χ4n) is 2.16. The maximum Gasteiger partial charge on any atom is 0.146 e. The van der Waals surface area contributed by atoms with E-state index >= 15 is 0 Å². The van der Waals surface area contributed by atoms with Crippen molar-refractivity contribution in [3.05, 3.63) is 18.3 Å². The molecule has 1 aliphatic rings. The number of piperidine rings is 1. The number of nitrogens with zero attached hydrogens (tertiary/aromatic N) is 2. The van der Waals surface area contributed by atoms with Gasteiger partial charge in [-0.25, -0.2) is 4.98 Å². The molecule has 1 fully saturated rings. The lowest BCUT2D eigenvalue weighted by molar-refractivity contribution is 0.324. The molecule has 1 aliphatic heterocycles. The van der Waals surface area contributed by atoms with Crippen LogP contribution in [0.1, 0.15) is 20.3 Å². The Bertz CT molecular complexity index is 337. The van der Waals surface area contributed by atoms with Crippen LogP contribution in [-0.2, 0) is 0 Å². The number of nitrogen functional groups attached to an aromatic ring is 1. The molecule has 1 saturated heterocycles. The van der Waals surface area contributed by atoms with E-state index in [2.05, 4.69) is 29.8 Å². The summed E-state index contributed by atoms with van der Waals surface area (Å²) >= 11 is 0.